The lowest BCUT2D eigenvalue weighted by atomic mass is 10.2. The van der Waals surface area contributed by atoms with Gasteiger partial charge < -0.3 is 10.2 Å². The van der Waals surface area contributed by atoms with E-state index in [9.17, 15) is 0 Å². The second kappa shape index (κ2) is 7.16. The van der Waals surface area contributed by atoms with E-state index in [1.54, 1.807) is 0 Å². The summed E-state index contributed by atoms with van der Waals surface area (Å²) >= 11 is 6.45. The Hall–Kier alpha value is -0.730. The second-order valence-electron chi connectivity index (χ2n) is 5.44. The normalized spacial score (nSPS) is 14.7. The highest BCUT2D eigenvalue weighted by molar-refractivity contribution is 6.33. The van der Waals surface area contributed by atoms with E-state index in [-0.39, 0.29) is 0 Å². The quantitative estimate of drug-likeness (QED) is 0.722. The Morgan fingerprint density at radius 1 is 1.32 bits per heavy atom. The van der Waals surface area contributed by atoms with Crippen molar-refractivity contribution >= 4 is 17.3 Å². The molecule has 0 heterocycles. The fraction of sp³-hybridized carbons (Fsp3) is 0.625. The maximum Gasteiger partial charge on any atom is 0.0642 e. The van der Waals surface area contributed by atoms with Gasteiger partial charge in [-0.1, -0.05) is 24.6 Å². The predicted octanol–water partition coefficient (Wildman–Crippen LogP) is 4.08. The van der Waals surface area contributed by atoms with Crippen molar-refractivity contribution in [1.82, 2.24) is 5.32 Å². The monoisotopic (exact) mass is 280 g/mol. The molecule has 106 valence electrons. The summed E-state index contributed by atoms with van der Waals surface area (Å²) in [7, 11) is 0. The molecule has 0 aromatic heterocycles. The molecule has 1 saturated carbocycles. The van der Waals surface area contributed by atoms with Crippen molar-refractivity contribution in [3.05, 3.63) is 28.8 Å². The highest BCUT2D eigenvalue weighted by atomic mass is 35.5. The standard InChI is InChI=1S/C16H25ClN2/c1-3-9-18-11-14-7-8-16(15(17)10-14)19(4-2)12-13-5-6-13/h7-8,10,13,18H,3-6,9,11-12H2,1-2H3. The first-order valence-electron chi connectivity index (χ1n) is 7.48. The molecule has 0 bridgehead atoms. The molecular weight excluding hydrogens is 256 g/mol. The van der Waals surface area contributed by atoms with Gasteiger partial charge in [0.1, 0.15) is 0 Å². The molecule has 1 aromatic carbocycles. The third kappa shape index (κ3) is 4.39. The highest BCUT2D eigenvalue weighted by Crippen LogP contribution is 2.34. The molecule has 2 rings (SSSR count). The van der Waals surface area contributed by atoms with E-state index in [1.807, 2.05) is 0 Å². The average Bonchev–Trinajstić information content (AvgIpc) is 3.21. The fourth-order valence-electron chi connectivity index (χ4n) is 2.34. The van der Waals surface area contributed by atoms with E-state index in [0.29, 0.717) is 0 Å². The van der Waals surface area contributed by atoms with Crippen LogP contribution in [-0.2, 0) is 6.54 Å². The third-order valence-corrected chi connectivity index (χ3v) is 3.97. The summed E-state index contributed by atoms with van der Waals surface area (Å²) in [6, 6.07) is 6.48. The zero-order chi connectivity index (χ0) is 13.7. The maximum atomic E-state index is 6.45. The molecule has 1 aromatic rings. The summed E-state index contributed by atoms with van der Waals surface area (Å²) in [5.41, 5.74) is 2.46. The Kier molecular flexibility index (Phi) is 5.53. The Labute approximate surface area is 122 Å². The van der Waals surface area contributed by atoms with Crippen LogP contribution in [0, 0.1) is 5.92 Å². The van der Waals surface area contributed by atoms with Crippen molar-refractivity contribution in [3.8, 4) is 0 Å². The predicted molar refractivity (Wildman–Crippen MR) is 84.1 cm³/mol. The van der Waals surface area contributed by atoms with Crippen LogP contribution >= 0.6 is 11.6 Å². The SMILES string of the molecule is CCCNCc1ccc(N(CC)CC2CC2)c(Cl)c1. The van der Waals surface area contributed by atoms with Crippen molar-refractivity contribution in [2.75, 3.05) is 24.5 Å². The lowest BCUT2D eigenvalue weighted by Crippen LogP contribution is -2.25. The summed E-state index contributed by atoms with van der Waals surface area (Å²) in [4.78, 5) is 2.41. The van der Waals surface area contributed by atoms with Crippen LogP contribution in [0.25, 0.3) is 0 Å². The van der Waals surface area contributed by atoms with E-state index >= 15 is 0 Å². The molecule has 0 spiro atoms. The van der Waals surface area contributed by atoms with Crippen LogP contribution in [0.15, 0.2) is 18.2 Å². The molecule has 2 nitrogen and oxygen atoms in total. The van der Waals surface area contributed by atoms with Gasteiger partial charge in [-0.25, -0.2) is 0 Å². The number of hydrogen-bond acceptors (Lipinski definition) is 2. The molecule has 1 aliphatic carbocycles. The van der Waals surface area contributed by atoms with Gasteiger partial charge >= 0.3 is 0 Å². The summed E-state index contributed by atoms with van der Waals surface area (Å²) < 4.78 is 0. The summed E-state index contributed by atoms with van der Waals surface area (Å²) in [6.07, 6.45) is 3.93. The van der Waals surface area contributed by atoms with Gasteiger partial charge in [-0.05, 0) is 56.3 Å². The van der Waals surface area contributed by atoms with Crippen molar-refractivity contribution in [1.29, 1.82) is 0 Å². The Bertz CT molecular complexity index is 402. The molecular formula is C16H25ClN2. The zero-order valence-corrected chi connectivity index (χ0v) is 12.8. The summed E-state index contributed by atoms with van der Waals surface area (Å²) in [5, 5.41) is 4.30. The Morgan fingerprint density at radius 3 is 2.68 bits per heavy atom. The van der Waals surface area contributed by atoms with Crippen LogP contribution in [0.5, 0.6) is 0 Å². The second-order valence-corrected chi connectivity index (χ2v) is 5.85. The number of benzene rings is 1. The van der Waals surface area contributed by atoms with E-state index in [1.165, 1.54) is 24.1 Å². The fourth-order valence-corrected chi connectivity index (χ4v) is 2.66. The minimum absolute atomic E-state index is 0.887. The molecule has 19 heavy (non-hydrogen) atoms. The van der Waals surface area contributed by atoms with Crippen molar-refractivity contribution in [3.63, 3.8) is 0 Å². The van der Waals surface area contributed by atoms with Crippen LogP contribution in [-0.4, -0.2) is 19.6 Å². The molecule has 3 heteroatoms. The van der Waals surface area contributed by atoms with E-state index in [4.69, 9.17) is 11.6 Å². The van der Waals surface area contributed by atoms with Gasteiger partial charge in [-0.15, -0.1) is 0 Å². The Balaban J connectivity index is 1.99. The van der Waals surface area contributed by atoms with Gasteiger partial charge in [-0.3, -0.25) is 0 Å². The van der Waals surface area contributed by atoms with Crippen LogP contribution in [0.4, 0.5) is 5.69 Å². The zero-order valence-electron chi connectivity index (χ0n) is 12.1. The Morgan fingerprint density at radius 2 is 2.11 bits per heavy atom. The number of nitrogens with zero attached hydrogens (tertiary/aromatic N) is 1. The van der Waals surface area contributed by atoms with Crippen LogP contribution < -0.4 is 10.2 Å². The van der Waals surface area contributed by atoms with Crippen molar-refractivity contribution in [2.24, 2.45) is 5.92 Å². The van der Waals surface area contributed by atoms with Crippen LogP contribution in [0.1, 0.15) is 38.7 Å². The van der Waals surface area contributed by atoms with Crippen molar-refractivity contribution in [2.45, 2.75) is 39.7 Å². The topological polar surface area (TPSA) is 15.3 Å². The average molecular weight is 281 g/mol. The minimum Gasteiger partial charge on any atom is -0.370 e. The van der Waals surface area contributed by atoms with Crippen LogP contribution in [0.3, 0.4) is 0 Å². The van der Waals surface area contributed by atoms with E-state index in [2.05, 4.69) is 42.3 Å². The van der Waals surface area contributed by atoms with Gasteiger partial charge in [0.2, 0.25) is 0 Å². The lowest BCUT2D eigenvalue weighted by Gasteiger charge is -2.24. The molecule has 0 unspecified atom stereocenters. The van der Waals surface area contributed by atoms with Gasteiger partial charge in [0.15, 0.2) is 0 Å². The number of nitrogens with one attached hydrogen (secondary N) is 1. The molecule has 0 radical (unpaired) electrons. The molecule has 0 amide bonds. The number of rotatable bonds is 8. The first-order chi connectivity index (χ1) is 9.24. The number of halogens is 1. The maximum absolute atomic E-state index is 6.45. The lowest BCUT2D eigenvalue weighted by molar-refractivity contribution is 0.675. The molecule has 0 saturated heterocycles. The molecule has 1 N–H and O–H groups in total. The first kappa shape index (κ1) is 14.7. The summed E-state index contributed by atoms with van der Waals surface area (Å²) in [6.45, 7) is 8.54. The number of hydrogen-bond donors (Lipinski definition) is 1. The van der Waals surface area contributed by atoms with Gasteiger partial charge in [-0.2, -0.15) is 0 Å². The minimum atomic E-state index is 0.887. The van der Waals surface area contributed by atoms with E-state index in [0.717, 1.165) is 43.5 Å². The van der Waals surface area contributed by atoms with Crippen LogP contribution in [0.2, 0.25) is 5.02 Å². The first-order valence-corrected chi connectivity index (χ1v) is 7.86. The molecule has 1 aliphatic rings. The highest BCUT2D eigenvalue weighted by Gasteiger charge is 2.24. The molecule has 1 fully saturated rings. The van der Waals surface area contributed by atoms with E-state index < -0.39 is 0 Å². The van der Waals surface area contributed by atoms with Crippen molar-refractivity contribution < 1.29 is 0 Å². The largest absolute Gasteiger partial charge is 0.370 e. The van der Waals surface area contributed by atoms with Gasteiger partial charge in [0.05, 0.1) is 10.7 Å². The molecule has 0 aliphatic heterocycles. The third-order valence-electron chi connectivity index (χ3n) is 3.67. The summed E-state index contributed by atoms with van der Waals surface area (Å²) in [5.74, 6) is 0.891. The molecule has 0 atom stereocenters. The van der Waals surface area contributed by atoms with Gasteiger partial charge in [0.25, 0.3) is 0 Å². The van der Waals surface area contributed by atoms with Gasteiger partial charge in [0, 0.05) is 19.6 Å². The number of anilines is 1. The smallest absolute Gasteiger partial charge is 0.0642 e.